The van der Waals surface area contributed by atoms with Gasteiger partial charge in [-0.15, -0.1) is 0 Å². The highest BCUT2D eigenvalue weighted by Crippen LogP contribution is 2.27. The van der Waals surface area contributed by atoms with Crippen molar-refractivity contribution in [3.8, 4) is 0 Å². The van der Waals surface area contributed by atoms with Crippen LogP contribution in [0.25, 0.3) is 0 Å². The van der Waals surface area contributed by atoms with Gasteiger partial charge in [0.2, 0.25) is 5.82 Å². The molecule has 1 aliphatic carbocycles. The molecule has 0 radical (unpaired) electrons. The number of carbonyl (C=O) groups is 2. The van der Waals surface area contributed by atoms with Crippen molar-refractivity contribution in [2.45, 2.75) is 44.9 Å². The Hall–Kier alpha value is -2.23. The van der Waals surface area contributed by atoms with Crippen molar-refractivity contribution in [1.29, 1.82) is 0 Å². The topological polar surface area (TPSA) is 95.4 Å². The molecule has 0 spiro atoms. The number of carbonyl (C=O) groups excluding carboxylic acids is 1. The maximum absolute atomic E-state index is 12.7. The smallest absolute Gasteiger partial charge is 0.451 e. The van der Waals surface area contributed by atoms with Crippen LogP contribution in [0.2, 0.25) is 0 Å². The minimum Gasteiger partial charge on any atom is -0.480 e. The predicted molar refractivity (Wildman–Crippen MR) is 80.9 cm³/mol. The maximum atomic E-state index is 12.7. The zero-order valence-electron chi connectivity index (χ0n) is 13.8. The second-order valence-electron chi connectivity index (χ2n) is 5.97. The van der Waals surface area contributed by atoms with Crippen molar-refractivity contribution < 1.29 is 27.9 Å². The lowest BCUT2D eigenvalue weighted by molar-refractivity contribution is -0.145. The van der Waals surface area contributed by atoms with E-state index in [0.717, 1.165) is 0 Å². The lowest BCUT2D eigenvalue weighted by Crippen LogP contribution is -2.54. The largest absolute Gasteiger partial charge is 0.480 e. The number of nitrogens with one attached hydrogen (secondary N) is 1. The Kier molecular flexibility index (Phi) is 5.61. The minimum absolute atomic E-state index is 0.0317. The summed E-state index contributed by atoms with van der Waals surface area (Å²) in [7, 11) is 0. The molecular formula is C15H19F3N4O3. The van der Waals surface area contributed by atoms with Gasteiger partial charge in [0.1, 0.15) is 5.69 Å². The van der Waals surface area contributed by atoms with Gasteiger partial charge in [-0.05, 0) is 32.4 Å². The van der Waals surface area contributed by atoms with E-state index in [0.29, 0.717) is 19.4 Å². The average molecular weight is 360 g/mol. The van der Waals surface area contributed by atoms with E-state index in [1.54, 1.807) is 4.90 Å². The Morgan fingerprint density at radius 1 is 1.36 bits per heavy atom. The molecule has 1 heterocycles. The van der Waals surface area contributed by atoms with Crippen molar-refractivity contribution in [3.63, 3.8) is 0 Å². The van der Waals surface area contributed by atoms with Crippen LogP contribution in [-0.4, -0.2) is 57.0 Å². The summed E-state index contributed by atoms with van der Waals surface area (Å²) in [6.45, 7) is 3.69. The molecule has 1 fully saturated rings. The molecule has 0 bridgehead atoms. The van der Waals surface area contributed by atoms with Crippen LogP contribution in [0.5, 0.6) is 0 Å². The quantitative estimate of drug-likeness (QED) is 0.798. The van der Waals surface area contributed by atoms with E-state index in [1.807, 2.05) is 6.92 Å². The predicted octanol–water partition coefficient (Wildman–Crippen LogP) is 1.47. The molecule has 0 atom stereocenters. The Morgan fingerprint density at radius 2 is 2.00 bits per heavy atom. The number of nitrogens with zero attached hydrogens (tertiary/aromatic N) is 3. The van der Waals surface area contributed by atoms with Gasteiger partial charge in [-0.1, -0.05) is 6.92 Å². The maximum Gasteiger partial charge on any atom is 0.451 e. The molecule has 1 amide bonds. The molecule has 2 rings (SSSR count). The normalized spacial score (nSPS) is 20.2. The number of rotatable bonds is 6. The molecule has 1 aliphatic rings. The minimum atomic E-state index is -4.72. The van der Waals surface area contributed by atoms with E-state index in [-0.39, 0.29) is 30.0 Å². The Bertz CT molecular complexity index is 660. The number of aliphatic carboxylic acids is 1. The highest BCUT2D eigenvalue weighted by molar-refractivity contribution is 5.92. The van der Waals surface area contributed by atoms with Crippen LogP contribution in [0, 0.1) is 6.92 Å². The van der Waals surface area contributed by atoms with Crippen LogP contribution in [0.3, 0.4) is 0 Å². The molecule has 1 saturated carbocycles. The fourth-order valence-electron chi connectivity index (χ4n) is 2.75. The molecule has 0 aliphatic heterocycles. The average Bonchev–Trinajstić information content (AvgIpc) is 2.46. The first-order valence-corrected chi connectivity index (χ1v) is 7.79. The van der Waals surface area contributed by atoms with Gasteiger partial charge in [-0.2, -0.15) is 13.2 Å². The van der Waals surface area contributed by atoms with Gasteiger partial charge >= 0.3 is 12.1 Å². The number of amides is 1. The van der Waals surface area contributed by atoms with E-state index in [1.165, 1.54) is 13.0 Å². The Labute approximate surface area is 142 Å². The number of aryl methyl sites for hydroxylation is 1. The highest BCUT2D eigenvalue weighted by atomic mass is 19.4. The van der Waals surface area contributed by atoms with E-state index in [9.17, 15) is 22.8 Å². The molecule has 2 N–H and O–H groups in total. The van der Waals surface area contributed by atoms with Crippen LogP contribution in [0.1, 0.15) is 41.8 Å². The van der Waals surface area contributed by atoms with Crippen molar-refractivity contribution in [1.82, 2.24) is 20.2 Å². The third kappa shape index (κ3) is 4.88. The van der Waals surface area contributed by atoms with E-state index < -0.39 is 23.9 Å². The second kappa shape index (κ2) is 7.34. The molecule has 7 nitrogen and oxygen atoms in total. The second-order valence-corrected chi connectivity index (χ2v) is 5.97. The summed E-state index contributed by atoms with van der Waals surface area (Å²) < 4.78 is 38.2. The number of hydrogen-bond acceptors (Lipinski definition) is 5. The number of carboxylic acids is 1. The van der Waals surface area contributed by atoms with Crippen LogP contribution >= 0.6 is 0 Å². The molecule has 25 heavy (non-hydrogen) atoms. The lowest BCUT2D eigenvalue weighted by atomic mass is 9.85. The molecule has 0 saturated heterocycles. The summed E-state index contributed by atoms with van der Waals surface area (Å²) in [4.78, 5) is 31.3. The summed E-state index contributed by atoms with van der Waals surface area (Å²) >= 11 is 0. The first-order chi connectivity index (χ1) is 11.6. The van der Waals surface area contributed by atoms with Crippen molar-refractivity contribution >= 4 is 11.9 Å². The zero-order valence-corrected chi connectivity index (χ0v) is 13.8. The van der Waals surface area contributed by atoms with E-state index in [2.05, 4.69) is 15.3 Å². The van der Waals surface area contributed by atoms with Crippen molar-refractivity contribution in [3.05, 3.63) is 23.3 Å². The number of alkyl halides is 3. The number of halogens is 3. The van der Waals surface area contributed by atoms with Gasteiger partial charge in [0.15, 0.2) is 0 Å². The van der Waals surface area contributed by atoms with E-state index >= 15 is 0 Å². The Morgan fingerprint density at radius 3 is 2.52 bits per heavy atom. The summed E-state index contributed by atoms with van der Waals surface area (Å²) in [6.07, 6.45) is -3.63. The van der Waals surface area contributed by atoms with Crippen LogP contribution in [0.4, 0.5) is 13.2 Å². The summed E-state index contributed by atoms with van der Waals surface area (Å²) in [5, 5.41) is 11.5. The standard InChI is InChI=1S/C15H19F3N4O3/c1-3-22(7-12(23)24)10-5-9(6-10)20-13(25)11-4-8(2)19-14(21-11)15(16,17)18/h4,9-10H,3,5-7H2,1-2H3,(H,20,25)(H,23,24). The van der Waals surface area contributed by atoms with Gasteiger partial charge in [0, 0.05) is 17.8 Å². The number of carboxylic acid groups (broad SMARTS) is 1. The summed E-state index contributed by atoms with van der Waals surface area (Å²) in [6, 6.07) is 1.01. The molecule has 1 aromatic rings. The van der Waals surface area contributed by atoms with Crippen LogP contribution < -0.4 is 5.32 Å². The zero-order chi connectivity index (χ0) is 18.8. The first kappa shape index (κ1) is 19.1. The fraction of sp³-hybridized carbons (Fsp3) is 0.600. The van der Waals surface area contributed by atoms with Gasteiger partial charge in [-0.25, -0.2) is 9.97 Å². The summed E-state index contributed by atoms with van der Waals surface area (Å²) in [5.74, 6) is -2.96. The highest BCUT2D eigenvalue weighted by Gasteiger charge is 2.37. The Balaban J connectivity index is 1.96. The molecule has 10 heteroatoms. The number of aromatic nitrogens is 2. The third-order valence-electron chi connectivity index (χ3n) is 4.05. The van der Waals surface area contributed by atoms with Crippen LogP contribution in [0.15, 0.2) is 6.07 Å². The molecule has 1 aromatic heterocycles. The van der Waals surface area contributed by atoms with Gasteiger partial charge in [-0.3, -0.25) is 14.5 Å². The third-order valence-corrected chi connectivity index (χ3v) is 4.05. The van der Waals surface area contributed by atoms with Gasteiger partial charge < -0.3 is 10.4 Å². The van der Waals surface area contributed by atoms with Gasteiger partial charge in [0.25, 0.3) is 5.91 Å². The monoisotopic (exact) mass is 360 g/mol. The molecular weight excluding hydrogens is 341 g/mol. The van der Waals surface area contributed by atoms with Crippen LogP contribution in [-0.2, 0) is 11.0 Å². The summed E-state index contributed by atoms with van der Waals surface area (Å²) in [5.41, 5.74) is -0.279. The molecule has 0 unspecified atom stereocenters. The van der Waals surface area contributed by atoms with Crippen molar-refractivity contribution in [2.24, 2.45) is 0 Å². The number of hydrogen-bond donors (Lipinski definition) is 2. The van der Waals surface area contributed by atoms with E-state index in [4.69, 9.17) is 5.11 Å². The first-order valence-electron chi connectivity index (χ1n) is 7.79. The molecule has 0 aromatic carbocycles. The SMILES string of the molecule is CCN(CC(=O)O)C1CC(NC(=O)c2cc(C)nc(C(F)(F)F)n2)C1. The lowest BCUT2D eigenvalue weighted by Gasteiger charge is -2.42. The number of likely N-dealkylation sites (N-methyl/N-ethyl adjacent to an activating group) is 1. The van der Waals surface area contributed by atoms with Crippen molar-refractivity contribution in [2.75, 3.05) is 13.1 Å². The fourth-order valence-corrected chi connectivity index (χ4v) is 2.75. The van der Waals surface area contributed by atoms with Gasteiger partial charge in [0.05, 0.1) is 6.54 Å². The molecule has 138 valence electrons.